The minimum absolute atomic E-state index is 0.0755. The van der Waals surface area contributed by atoms with Crippen molar-refractivity contribution in [2.24, 2.45) is 0 Å². The van der Waals surface area contributed by atoms with Gasteiger partial charge in [-0.05, 0) is 5.56 Å². The van der Waals surface area contributed by atoms with Crippen LogP contribution in [0.3, 0.4) is 0 Å². The van der Waals surface area contributed by atoms with Crippen molar-refractivity contribution in [1.29, 1.82) is 0 Å². The largest absolute Gasteiger partial charge is 0.471 e. The molecule has 0 spiro atoms. The maximum Gasteiger partial charge on any atom is 0.471 e. The van der Waals surface area contributed by atoms with Crippen LogP contribution in [-0.2, 0) is 6.18 Å². The molecule has 0 saturated heterocycles. The van der Waals surface area contributed by atoms with E-state index in [2.05, 4.69) is 53.2 Å². The molecule has 0 fully saturated rings. The lowest BCUT2D eigenvalue weighted by atomic mass is 10.1. The molecule has 0 N–H and O–H groups in total. The molecule has 0 aliphatic rings. The molecule has 3 nitrogen and oxygen atoms in total. The third kappa shape index (κ3) is 3.02. The number of halogens is 5. The summed E-state index contributed by atoms with van der Waals surface area (Å²) in [4.78, 5) is 3.31. The van der Waals surface area contributed by atoms with Crippen LogP contribution in [0, 0.1) is 0 Å². The Bertz CT molecular complexity index is 539. The summed E-state index contributed by atoms with van der Waals surface area (Å²) in [7, 11) is 0. The predicted molar refractivity (Wildman–Crippen MR) is 70.4 cm³/mol. The van der Waals surface area contributed by atoms with Gasteiger partial charge in [-0.3, -0.25) is 0 Å². The van der Waals surface area contributed by atoms with Crippen LogP contribution in [0.4, 0.5) is 13.2 Å². The first-order valence-electron chi connectivity index (χ1n) is 4.67. The first-order chi connectivity index (χ1) is 8.38. The number of hydrogen-bond acceptors (Lipinski definition) is 3. The summed E-state index contributed by atoms with van der Waals surface area (Å²) in [6.07, 6.45) is -4.62. The van der Waals surface area contributed by atoms with Crippen molar-refractivity contribution >= 4 is 38.5 Å². The van der Waals surface area contributed by atoms with Gasteiger partial charge >= 0.3 is 12.1 Å². The van der Waals surface area contributed by atoms with E-state index in [0.717, 1.165) is 5.56 Å². The smallest absolute Gasteiger partial charge is 0.329 e. The summed E-state index contributed by atoms with van der Waals surface area (Å²) < 4.78 is 41.2. The van der Waals surface area contributed by atoms with Crippen molar-refractivity contribution in [3.63, 3.8) is 0 Å². The van der Waals surface area contributed by atoms with Crippen LogP contribution in [0.1, 0.15) is 14.3 Å². The van der Waals surface area contributed by atoms with Crippen molar-refractivity contribution in [3.8, 4) is 11.4 Å². The summed E-state index contributed by atoms with van der Waals surface area (Å²) >= 11 is 5.55. The monoisotopic (exact) mass is 432 g/mol. The maximum atomic E-state index is 12.3. The van der Waals surface area contributed by atoms with E-state index in [9.17, 15) is 13.2 Å². The zero-order valence-electron chi connectivity index (χ0n) is 8.58. The van der Waals surface area contributed by atoms with Crippen molar-refractivity contribution in [2.45, 2.75) is 9.01 Å². The molecule has 0 aliphatic heterocycles. The molecular weight excluding hydrogens is 428 g/mol. The third-order valence-corrected chi connectivity index (χ3v) is 3.34. The molecule has 2 aromatic rings. The lowest BCUT2D eigenvalue weighted by molar-refractivity contribution is -0.159. The number of hydrogen-bond donors (Lipinski definition) is 0. The number of aromatic nitrogens is 2. The molecule has 0 aliphatic carbocycles. The van der Waals surface area contributed by atoms with E-state index in [4.69, 9.17) is 0 Å². The highest BCUT2D eigenvalue weighted by atomic mass is 127. The van der Waals surface area contributed by atoms with E-state index in [1.54, 1.807) is 24.3 Å². The van der Waals surface area contributed by atoms with Gasteiger partial charge in [0.15, 0.2) is 0 Å². The summed E-state index contributed by atoms with van der Waals surface area (Å²) in [5.41, 5.74) is 1.47. The van der Waals surface area contributed by atoms with E-state index >= 15 is 0 Å². The Morgan fingerprint density at radius 2 is 1.83 bits per heavy atom. The van der Waals surface area contributed by atoms with E-state index in [-0.39, 0.29) is 8.66 Å². The van der Waals surface area contributed by atoms with Crippen LogP contribution in [0.25, 0.3) is 11.4 Å². The SMILES string of the molecule is FC(F)(F)c1nc(-c2ccc(C(Br)I)cc2)no1. The van der Waals surface area contributed by atoms with Crippen molar-refractivity contribution in [3.05, 3.63) is 35.7 Å². The van der Waals surface area contributed by atoms with Crippen molar-refractivity contribution in [1.82, 2.24) is 10.1 Å². The van der Waals surface area contributed by atoms with Gasteiger partial charge < -0.3 is 4.52 Å². The number of nitrogens with zero attached hydrogens (tertiary/aromatic N) is 2. The average Bonchev–Trinajstić information content (AvgIpc) is 2.78. The minimum Gasteiger partial charge on any atom is -0.329 e. The van der Waals surface area contributed by atoms with E-state index < -0.39 is 12.1 Å². The van der Waals surface area contributed by atoms with Crippen molar-refractivity contribution < 1.29 is 17.7 Å². The predicted octanol–water partition coefficient (Wildman–Crippen LogP) is 4.58. The molecule has 0 amide bonds. The maximum absolute atomic E-state index is 12.3. The van der Waals surface area contributed by atoms with E-state index in [0.29, 0.717) is 5.56 Å². The van der Waals surface area contributed by atoms with Gasteiger partial charge in [-0.1, -0.05) is 67.9 Å². The molecule has 1 heterocycles. The highest BCUT2D eigenvalue weighted by Crippen LogP contribution is 2.32. The molecule has 1 aromatic carbocycles. The molecule has 1 atom stereocenters. The van der Waals surface area contributed by atoms with Crippen LogP contribution in [0.2, 0.25) is 0 Å². The van der Waals surface area contributed by atoms with Gasteiger partial charge in [-0.25, -0.2) is 0 Å². The highest BCUT2D eigenvalue weighted by Gasteiger charge is 2.38. The van der Waals surface area contributed by atoms with Crippen LogP contribution in [0.15, 0.2) is 28.8 Å². The average molecular weight is 433 g/mol. The zero-order valence-corrected chi connectivity index (χ0v) is 12.3. The number of alkyl halides is 5. The molecule has 96 valence electrons. The zero-order chi connectivity index (χ0) is 13.3. The highest BCUT2D eigenvalue weighted by molar-refractivity contribution is 14.1. The second kappa shape index (κ2) is 5.16. The Balaban J connectivity index is 2.29. The van der Waals surface area contributed by atoms with E-state index in [1.165, 1.54) is 0 Å². The Morgan fingerprint density at radius 3 is 2.28 bits per heavy atom. The Hall–Kier alpha value is -0.640. The molecular formula is C10H5BrF3IN2O. The Labute approximate surface area is 122 Å². The summed E-state index contributed by atoms with van der Waals surface area (Å²) in [6.45, 7) is 0. The van der Waals surface area contributed by atoms with Gasteiger partial charge in [0.1, 0.15) is 0 Å². The molecule has 1 unspecified atom stereocenters. The standard InChI is InChI=1S/C10H5BrF3IN2O/c11-7(15)5-1-3-6(4-2-5)8-16-9(18-17-8)10(12,13)14/h1-4,7H. The van der Waals surface area contributed by atoms with Gasteiger partial charge in [-0.15, -0.1) is 0 Å². The quantitative estimate of drug-likeness (QED) is 0.515. The third-order valence-electron chi connectivity index (χ3n) is 2.09. The fourth-order valence-corrected chi connectivity index (χ4v) is 1.95. The van der Waals surface area contributed by atoms with E-state index in [1.807, 2.05) is 0 Å². The first kappa shape index (κ1) is 13.8. The second-order valence-corrected chi connectivity index (χ2v) is 7.22. The normalized spacial score (nSPS) is 13.6. The first-order valence-corrected chi connectivity index (χ1v) is 6.83. The molecule has 18 heavy (non-hydrogen) atoms. The van der Waals surface area contributed by atoms with Crippen molar-refractivity contribution in [2.75, 3.05) is 0 Å². The summed E-state index contributed by atoms with van der Waals surface area (Å²) in [5, 5.41) is 3.31. The van der Waals surface area contributed by atoms with Crippen LogP contribution in [0.5, 0.6) is 0 Å². The molecule has 1 aromatic heterocycles. The van der Waals surface area contributed by atoms with Gasteiger partial charge in [0, 0.05) is 5.56 Å². The number of benzene rings is 1. The van der Waals surface area contributed by atoms with Gasteiger partial charge in [0.05, 0.1) is 2.83 Å². The van der Waals surface area contributed by atoms with Gasteiger partial charge in [0.25, 0.3) is 0 Å². The van der Waals surface area contributed by atoms with Gasteiger partial charge in [0.2, 0.25) is 5.82 Å². The Morgan fingerprint density at radius 1 is 1.22 bits per heavy atom. The molecule has 0 radical (unpaired) electrons. The Kier molecular flexibility index (Phi) is 3.95. The topological polar surface area (TPSA) is 38.9 Å². The fraction of sp³-hybridized carbons (Fsp3) is 0.200. The summed E-state index contributed by atoms with van der Waals surface area (Å²) in [5.74, 6) is -1.41. The van der Waals surface area contributed by atoms with Crippen LogP contribution < -0.4 is 0 Å². The molecule has 2 rings (SSSR count). The van der Waals surface area contributed by atoms with Gasteiger partial charge in [-0.2, -0.15) is 18.2 Å². The summed E-state index contributed by atoms with van der Waals surface area (Å²) in [6, 6.07) is 6.86. The van der Waals surface area contributed by atoms with Crippen LogP contribution >= 0.6 is 38.5 Å². The second-order valence-electron chi connectivity index (χ2n) is 3.34. The lowest BCUT2D eigenvalue weighted by Crippen LogP contribution is -2.04. The molecule has 0 bridgehead atoms. The molecule has 0 saturated carbocycles. The minimum atomic E-state index is -4.62. The lowest BCUT2D eigenvalue weighted by Gasteiger charge is -2.01. The van der Waals surface area contributed by atoms with Crippen LogP contribution in [-0.4, -0.2) is 10.1 Å². The number of rotatable bonds is 2. The fourth-order valence-electron chi connectivity index (χ4n) is 1.23. The molecule has 8 heteroatoms.